The molecule has 1 nitrogen and oxygen atoms in total. The Balaban J connectivity index is 2.01. The van der Waals surface area contributed by atoms with Gasteiger partial charge in [0.2, 0.25) is 0 Å². The van der Waals surface area contributed by atoms with Crippen molar-refractivity contribution in [1.82, 2.24) is 5.32 Å². The number of hydrogen-bond donors (Lipinski definition) is 1. The minimum absolute atomic E-state index is 0.846. The van der Waals surface area contributed by atoms with E-state index in [0.717, 1.165) is 11.8 Å². The molecule has 98 valence electrons. The van der Waals surface area contributed by atoms with Crippen molar-refractivity contribution in [3.8, 4) is 0 Å². The molecule has 0 aromatic carbocycles. The molecule has 0 aliphatic heterocycles. The van der Waals surface area contributed by atoms with E-state index in [0.29, 0.717) is 0 Å². The van der Waals surface area contributed by atoms with Crippen LogP contribution in [0.25, 0.3) is 0 Å². The van der Waals surface area contributed by atoms with Gasteiger partial charge in [-0.2, -0.15) is 0 Å². The topological polar surface area (TPSA) is 12.0 Å². The molecule has 0 saturated heterocycles. The van der Waals surface area contributed by atoms with Gasteiger partial charge in [-0.3, -0.25) is 0 Å². The van der Waals surface area contributed by atoms with Crippen molar-refractivity contribution in [3.05, 3.63) is 11.6 Å². The van der Waals surface area contributed by atoms with Gasteiger partial charge in [0.15, 0.2) is 0 Å². The largest absolute Gasteiger partial charge is 0.319 e. The standard InChI is InChI=1S/C16H29N/c1-17-13-16(15-11-7-4-8-12-15)14-9-5-2-3-6-10-14/h11,14,16-17H,2-10,12-13H2,1H3. The summed E-state index contributed by atoms with van der Waals surface area (Å²) in [7, 11) is 2.12. The molecule has 17 heavy (non-hydrogen) atoms. The predicted molar refractivity (Wildman–Crippen MR) is 75.2 cm³/mol. The Morgan fingerprint density at radius 1 is 1.12 bits per heavy atom. The molecule has 1 saturated carbocycles. The summed E-state index contributed by atoms with van der Waals surface area (Å²) in [6, 6.07) is 0. The molecule has 2 aliphatic carbocycles. The predicted octanol–water partition coefficient (Wildman–Crippen LogP) is 4.29. The third kappa shape index (κ3) is 3.84. The zero-order valence-corrected chi connectivity index (χ0v) is 11.5. The van der Waals surface area contributed by atoms with Crippen LogP contribution in [-0.4, -0.2) is 13.6 Å². The zero-order valence-electron chi connectivity index (χ0n) is 11.5. The molecule has 0 radical (unpaired) electrons. The van der Waals surface area contributed by atoms with Crippen LogP contribution in [0.3, 0.4) is 0 Å². The molecular weight excluding hydrogens is 206 g/mol. The van der Waals surface area contributed by atoms with E-state index >= 15 is 0 Å². The zero-order chi connectivity index (χ0) is 11.9. The second kappa shape index (κ2) is 7.20. The van der Waals surface area contributed by atoms with Crippen LogP contribution in [0.15, 0.2) is 11.6 Å². The van der Waals surface area contributed by atoms with Gasteiger partial charge in [0, 0.05) is 6.54 Å². The number of allylic oxidation sites excluding steroid dienone is 1. The monoisotopic (exact) mass is 235 g/mol. The van der Waals surface area contributed by atoms with E-state index in [2.05, 4.69) is 18.4 Å². The first-order valence-corrected chi connectivity index (χ1v) is 7.75. The second-order valence-electron chi connectivity index (χ2n) is 5.94. The van der Waals surface area contributed by atoms with Gasteiger partial charge in [-0.05, 0) is 57.4 Å². The molecule has 0 aromatic rings. The normalized spacial score (nSPS) is 25.1. The van der Waals surface area contributed by atoms with E-state index in [1.54, 1.807) is 5.57 Å². The maximum atomic E-state index is 3.44. The van der Waals surface area contributed by atoms with E-state index < -0.39 is 0 Å². The minimum atomic E-state index is 0.846. The van der Waals surface area contributed by atoms with Gasteiger partial charge >= 0.3 is 0 Å². The minimum Gasteiger partial charge on any atom is -0.319 e. The molecule has 1 unspecified atom stereocenters. The smallest absolute Gasteiger partial charge is 0.00165 e. The van der Waals surface area contributed by atoms with Gasteiger partial charge in [0.05, 0.1) is 0 Å². The summed E-state index contributed by atoms with van der Waals surface area (Å²) in [6.07, 6.45) is 17.0. The fourth-order valence-corrected chi connectivity index (χ4v) is 3.73. The fourth-order valence-electron chi connectivity index (χ4n) is 3.73. The molecule has 1 fully saturated rings. The van der Waals surface area contributed by atoms with Crippen LogP contribution in [0.1, 0.15) is 64.2 Å². The maximum Gasteiger partial charge on any atom is 0.00165 e. The van der Waals surface area contributed by atoms with E-state index in [9.17, 15) is 0 Å². The van der Waals surface area contributed by atoms with Crippen LogP contribution in [0.4, 0.5) is 0 Å². The van der Waals surface area contributed by atoms with Crippen LogP contribution in [0, 0.1) is 11.8 Å². The van der Waals surface area contributed by atoms with Crippen molar-refractivity contribution in [2.45, 2.75) is 64.2 Å². The van der Waals surface area contributed by atoms with Crippen LogP contribution in [0.5, 0.6) is 0 Å². The molecule has 0 spiro atoms. The lowest BCUT2D eigenvalue weighted by Crippen LogP contribution is -2.28. The van der Waals surface area contributed by atoms with E-state index in [4.69, 9.17) is 0 Å². The first-order valence-electron chi connectivity index (χ1n) is 7.75. The second-order valence-corrected chi connectivity index (χ2v) is 5.94. The van der Waals surface area contributed by atoms with Crippen LogP contribution < -0.4 is 5.32 Å². The molecule has 1 atom stereocenters. The van der Waals surface area contributed by atoms with Gasteiger partial charge in [0.1, 0.15) is 0 Å². The molecule has 0 amide bonds. The van der Waals surface area contributed by atoms with Crippen LogP contribution in [-0.2, 0) is 0 Å². The Labute approximate surface area is 107 Å². The molecular formula is C16H29N. The lowest BCUT2D eigenvalue weighted by molar-refractivity contribution is 0.319. The summed E-state index contributed by atoms with van der Waals surface area (Å²) in [6.45, 7) is 1.20. The van der Waals surface area contributed by atoms with Crippen molar-refractivity contribution >= 4 is 0 Å². The van der Waals surface area contributed by atoms with E-state index in [1.165, 1.54) is 70.8 Å². The molecule has 0 heterocycles. The highest BCUT2D eigenvalue weighted by molar-refractivity contribution is 5.11. The van der Waals surface area contributed by atoms with Gasteiger partial charge in [-0.15, -0.1) is 0 Å². The highest BCUT2D eigenvalue weighted by Crippen LogP contribution is 2.36. The molecule has 1 heteroatoms. The summed E-state index contributed by atoms with van der Waals surface area (Å²) in [5.74, 6) is 1.81. The summed E-state index contributed by atoms with van der Waals surface area (Å²) in [4.78, 5) is 0. The fraction of sp³-hybridized carbons (Fsp3) is 0.875. The average Bonchev–Trinajstić information content (AvgIpc) is 2.66. The summed E-state index contributed by atoms with van der Waals surface area (Å²) in [5.41, 5.74) is 1.79. The molecule has 2 aliphatic rings. The van der Waals surface area contributed by atoms with Crippen molar-refractivity contribution in [3.63, 3.8) is 0 Å². The molecule has 0 aromatic heterocycles. The Hall–Kier alpha value is -0.300. The maximum absolute atomic E-state index is 3.44. The first kappa shape index (κ1) is 13.1. The highest BCUT2D eigenvalue weighted by Gasteiger charge is 2.25. The molecule has 1 N–H and O–H groups in total. The van der Waals surface area contributed by atoms with Crippen LogP contribution in [0.2, 0.25) is 0 Å². The quantitative estimate of drug-likeness (QED) is 0.566. The van der Waals surface area contributed by atoms with E-state index in [-0.39, 0.29) is 0 Å². The first-order chi connectivity index (χ1) is 8.42. The van der Waals surface area contributed by atoms with Crippen molar-refractivity contribution in [2.24, 2.45) is 11.8 Å². The Morgan fingerprint density at radius 3 is 2.47 bits per heavy atom. The van der Waals surface area contributed by atoms with Crippen molar-refractivity contribution in [1.29, 1.82) is 0 Å². The average molecular weight is 235 g/mol. The molecule has 0 bridgehead atoms. The van der Waals surface area contributed by atoms with Crippen molar-refractivity contribution < 1.29 is 0 Å². The Kier molecular flexibility index (Phi) is 5.57. The summed E-state index contributed by atoms with van der Waals surface area (Å²) >= 11 is 0. The lowest BCUT2D eigenvalue weighted by Gasteiger charge is -2.30. The number of nitrogens with one attached hydrogen (secondary N) is 1. The third-order valence-corrected chi connectivity index (χ3v) is 4.70. The lowest BCUT2D eigenvalue weighted by atomic mass is 9.77. The Bertz CT molecular complexity index is 236. The van der Waals surface area contributed by atoms with Gasteiger partial charge in [-0.1, -0.05) is 37.3 Å². The highest BCUT2D eigenvalue weighted by atomic mass is 14.8. The molecule has 2 rings (SSSR count). The van der Waals surface area contributed by atoms with Gasteiger partial charge < -0.3 is 5.32 Å². The van der Waals surface area contributed by atoms with Crippen LogP contribution >= 0.6 is 0 Å². The summed E-state index contributed by atoms with van der Waals surface area (Å²) < 4.78 is 0. The number of rotatable bonds is 4. The van der Waals surface area contributed by atoms with Gasteiger partial charge in [0.25, 0.3) is 0 Å². The van der Waals surface area contributed by atoms with Crippen molar-refractivity contribution in [2.75, 3.05) is 13.6 Å². The third-order valence-electron chi connectivity index (χ3n) is 4.70. The van der Waals surface area contributed by atoms with Gasteiger partial charge in [-0.25, -0.2) is 0 Å². The summed E-state index contributed by atoms with van der Waals surface area (Å²) in [5, 5.41) is 3.44. The SMILES string of the molecule is CNCC(C1=CCCCC1)C1CCCCCC1. The number of hydrogen-bond acceptors (Lipinski definition) is 1. The van der Waals surface area contributed by atoms with E-state index in [1.807, 2.05) is 0 Å². The Morgan fingerprint density at radius 2 is 1.88 bits per heavy atom.